The van der Waals surface area contributed by atoms with Gasteiger partial charge in [0.15, 0.2) is 11.4 Å². The number of anilines is 1. The number of nitrogens with one attached hydrogen (secondary N) is 1. The predicted octanol–water partition coefficient (Wildman–Crippen LogP) is 3.28. The number of halogens is 3. The molecule has 1 saturated carbocycles. The van der Waals surface area contributed by atoms with Gasteiger partial charge in [0.05, 0.1) is 10.5 Å². The molecule has 0 atom stereocenters. The summed E-state index contributed by atoms with van der Waals surface area (Å²) < 4.78 is 29.5. The number of nitro benzene ring substituents is 1. The van der Waals surface area contributed by atoms with E-state index in [1.165, 1.54) is 12.1 Å². The zero-order chi connectivity index (χ0) is 15.8. The van der Waals surface area contributed by atoms with Crippen molar-refractivity contribution < 1.29 is 23.5 Å². The molecule has 21 heavy (non-hydrogen) atoms. The number of nitrogens with zero attached hydrogens (tertiary/aromatic N) is 1. The molecule has 2 rings (SSSR count). The van der Waals surface area contributed by atoms with Crippen LogP contribution in [0.25, 0.3) is 0 Å². The Labute approximate surface area is 127 Å². The number of rotatable bonds is 5. The van der Waals surface area contributed by atoms with E-state index in [1.54, 1.807) is 6.92 Å². The Bertz CT molecular complexity index is 560. The average Bonchev–Trinajstić information content (AvgIpc) is 2.28. The van der Waals surface area contributed by atoms with Gasteiger partial charge in [0.25, 0.3) is 5.69 Å². The first-order valence-electron chi connectivity index (χ1n) is 6.09. The summed E-state index contributed by atoms with van der Waals surface area (Å²) in [4.78, 5) is 10.4. The van der Waals surface area contributed by atoms with Crippen LogP contribution in [0.3, 0.4) is 0 Å². The molecule has 0 bridgehead atoms. The first kappa shape index (κ1) is 15.9. The molecule has 0 saturated heterocycles. The molecule has 0 heterocycles. The number of nitro groups is 1. The highest BCUT2D eigenvalue weighted by Crippen LogP contribution is 2.42. The zero-order valence-electron chi connectivity index (χ0n) is 11.0. The van der Waals surface area contributed by atoms with E-state index >= 15 is 0 Å². The lowest BCUT2D eigenvalue weighted by molar-refractivity contribution is -0.384. The summed E-state index contributed by atoms with van der Waals surface area (Å²) in [5.41, 5.74) is -1.32. The normalized spacial score (nSPS) is 24.6. The number of hydrogen-bond acceptors (Lipinski definition) is 5. The van der Waals surface area contributed by atoms with Gasteiger partial charge in [0.2, 0.25) is 0 Å². The van der Waals surface area contributed by atoms with Crippen LogP contribution in [0.15, 0.2) is 16.6 Å². The molecular formula is C12H13BrF2N2O4. The molecule has 0 unspecified atom stereocenters. The number of alkyl halides is 2. The highest BCUT2D eigenvalue weighted by atomic mass is 79.9. The first-order chi connectivity index (χ1) is 9.68. The molecule has 1 aliphatic carbocycles. The van der Waals surface area contributed by atoms with Crippen molar-refractivity contribution in [2.45, 2.75) is 38.0 Å². The van der Waals surface area contributed by atoms with Crippen LogP contribution in [0.4, 0.5) is 20.2 Å². The standard InChI is InChI=1S/C12H13BrF2N2O4/c1-12(18)4-7(5-12)16-10-8(17(19)20)2-6(13)3-9(10)21-11(14)15/h2-3,7,11,16,18H,4-5H2,1H3. The van der Waals surface area contributed by atoms with E-state index in [0.717, 1.165) is 0 Å². The summed E-state index contributed by atoms with van der Waals surface area (Å²) in [6.45, 7) is -1.46. The van der Waals surface area contributed by atoms with Crippen LogP contribution in [0.2, 0.25) is 0 Å². The molecule has 1 aromatic rings. The average molecular weight is 367 g/mol. The van der Waals surface area contributed by atoms with E-state index in [1.807, 2.05) is 0 Å². The molecule has 1 aliphatic rings. The van der Waals surface area contributed by atoms with E-state index in [0.29, 0.717) is 12.8 Å². The van der Waals surface area contributed by atoms with Gasteiger partial charge in [-0.25, -0.2) is 0 Å². The quantitative estimate of drug-likeness (QED) is 0.616. The summed E-state index contributed by atoms with van der Waals surface area (Å²) in [6.07, 6.45) is 0.739. The fourth-order valence-electron chi connectivity index (χ4n) is 2.35. The van der Waals surface area contributed by atoms with Gasteiger partial charge in [-0.1, -0.05) is 15.9 Å². The lowest BCUT2D eigenvalue weighted by Crippen LogP contribution is -2.48. The predicted molar refractivity (Wildman–Crippen MR) is 74.7 cm³/mol. The Balaban J connectivity index is 2.33. The van der Waals surface area contributed by atoms with E-state index < -0.39 is 17.1 Å². The third-order valence-corrected chi connectivity index (χ3v) is 3.64. The number of benzene rings is 1. The van der Waals surface area contributed by atoms with Crippen LogP contribution in [0.5, 0.6) is 5.75 Å². The number of ether oxygens (including phenoxy) is 1. The van der Waals surface area contributed by atoms with Gasteiger partial charge < -0.3 is 15.2 Å². The van der Waals surface area contributed by atoms with Crippen molar-refractivity contribution in [3.05, 3.63) is 26.7 Å². The minimum Gasteiger partial charge on any atom is -0.432 e. The number of aliphatic hydroxyl groups is 1. The minimum absolute atomic E-state index is 0.107. The highest BCUT2D eigenvalue weighted by molar-refractivity contribution is 9.10. The zero-order valence-corrected chi connectivity index (χ0v) is 12.6. The first-order valence-corrected chi connectivity index (χ1v) is 6.89. The van der Waals surface area contributed by atoms with Gasteiger partial charge in [0, 0.05) is 16.6 Å². The molecule has 1 aromatic carbocycles. The molecule has 9 heteroatoms. The third kappa shape index (κ3) is 3.79. The summed E-state index contributed by atoms with van der Waals surface area (Å²) in [6, 6.07) is 2.20. The van der Waals surface area contributed by atoms with Gasteiger partial charge in [-0.05, 0) is 25.8 Å². The summed E-state index contributed by atoms with van der Waals surface area (Å²) in [5, 5.41) is 23.6. The fraction of sp³-hybridized carbons (Fsp3) is 0.500. The minimum atomic E-state index is -3.09. The van der Waals surface area contributed by atoms with Crippen LogP contribution in [0, 0.1) is 10.1 Å². The third-order valence-electron chi connectivity index (χ3n) is 3.18. The smallest absolute Gasteiger partial charge is 0.387 e. The summed E-state index contributed by atoms with van der Waals surface area (Å²) in [7, 11) is 0. The maximum atomic E-state index is 12.4. The van der Waals surface area contributed by atoms with Crippen LogP contribution < -0.4 is 10.1 Å². The topological polar surface area (TPSA) is 84.6 Å². The van der Waals surface area contributed by atoms with Crippen molar-refractivity contribution in [1.82, 2.24) is 0 Å². The molecule has 6 nitrogen and oxygen atoms in total. The second-order valence-corrected chi connectivity index (χ2v) is 6.10. The van der Waals surface area contributed by atoms with Crippen molar-refractivity contribution >= 4 is 27.3 Å². The highest BCUT2D eigenvalue weighted by Gasteiger charge is 2.39. The monoisotopic (exact) mass is 366 g/mol. The van der Waals surface area contributed by atoms with Crippen LogP contribution >= 0.6 is 15.9 Å². The molecular weight excluding hydrogens is 354 g/mol. The van der Waals surface area contributed by atoms with Crippen molar-refractivity contribution in [2.75, 3.05) is 5.32 Å². The summed E-state index contributed by atoms with van der Waals surface area (Å²) in [5.74, 6) is -0.308. The number of hydrogen-bond donors (Lipinski definition) is 2. The lowest BCUT2D eigenvalue weighted by atomic mass is 9.77. The maximum absolute atomic E-state index is 12.4. The van der Waals surface area contributed by atoms with Crippen molar-refractivity contribution in [1.29, 1.82) is 0 Å². The SMILES string of the molecule is CC1(O)CC(Nc2c(OC(F)F)cc(Br)cc2[N+](=O)[O-])C1. The van der Waals surface area contributed by atoms with Crippen molar-refractivity contribution in [3.8, 4) is 5.75 Å². The maximum Gasteiger partial charge on any atom is 0.387 e. The van der Waals surface area contributed by atoms with Crippen LogP contribution in [-0.2, 0) is 0 Å². The van der Waals surface area contributed by atoms with Gasteiger partial charge >= 0.3 is 6.61 Å². The Morgan fingerprint density at radius 3 is 2.67 bits per heavy atom. The van der Waals surface area contributed by atoms with E-state index in [4.69, 9.17) is 0 Å². The van der Waals surface area contributed by atoms with Crippen molar-refractivity contribution in [3.63, 3.8) is 0 Å². The molecule has 2 N–H and O–H groups in total. The molecule has 0 aromatic heterocycles. The molecule has 0 aliphatic heterocycles. The van der Waals surface area contributed by atoms with E-state index in [2.05, 4.69) is 26.0 Å². The van der Waals surface area contributed by atoms with Gasteiger partial charge in [0.1, 0.15) is 0 Å². The second kappa shape index (κ2) is 5.72. The molecule has 1 fully saturated rings. The van der Waals surface area contributed by atoms with Gasteiger partial charge in [-0.3, -0.25) is 10.1 Å². The Morgan fingerprint density at radius 2 is 2.19 bits per heavy atom. The van der Waals surface area contributed by atoms with E-state index in [-0.39, 0.29) is 27.6 Å². The summed E-state index contributed by atoms with van der Waals surface area (Å²) >= 11 is 3.02. The van der Waals surface area contributed by atoms with Gasteiger partial charge in [-0.2, -0.15) is 8.78 Å². The Hall–Kier alpha value is -1.48. The molecule has 0 spiro atoms. The van der Waals surface area contributed by atoms with Crippen LogP contribution in [-0.4, -0.2) is 28.3 Å². The lowest BCUT2D eigenvalue weighted by Gasteiger charge is -2.41. The molecule has 116 valence electrons. The Morgan fingerprint density at radius 1 is 1.57 bits per heavy atom. The van der Waals surface area contributed by atoms with E-state index in [9.17, 15) is 24.0 Å². The van der Waals surface area contributed by atoms with Crippen molar-refractivity contribution in [2.24, 2.45) is 0 Å². The second-order valence-electron chi connectivity index (χ2n) is 5.18. The largest absolute Gasteiger partial charge is 0.432 e. The van der Waals surface area contributed by atoms with Gasteiger partial charge in [-0.15, -0.1) is 0 Å². The van der Waals surface area contributed by atoms with Crippen LogP contribution in [0.1, 0.15) is 19.8 Å². The molecule has 0 radical (unpaired) electrons. The molecule has 0 amide bonds. The fourth-order valence-corrected chi connectivity index (χ4v) is 2.78. The Kier molecular flexibility index (Phi) is 4.33.